The zero-order chi connectivity index (χ0) is 21.2. The van der Waals surface area contributed by atoms with E-state index in [1.807, 2.05) is 24.6 Å². The van der Waals surface area contributed by atoms with Crippen LogP contribution in [0.15, 0.2) is 27.8 Å². The topological polar surface area (TPSA) is 92.7 Å². The summed E-state index contributed by atoms with van der Waals surface area (Å²) < 4.78 is 12.9. The molecular formula is C21H35N7O2. The zero-order valence-electron chi connectivity index (χ0n) is 18.4. The molecule has 2 aromatic rings. The van der Waals surface area contributed by atoms with Crippen molar-refractivity contribution in [3.63, 3.8) is 0 Å². The van der Waals surface area contributed by atoms with Crippen molar-refractivity contribution in [2.75, 3.05) is 39.9 Å². The summed E-state index contributed by atoms with van der Waals surface area (Å²) in [5.41, 5.74) is 0. The van der Waals surface area contributed by atoms with Gasteiger partial charge in [-0.1, -0.05) is 6.42 Å². The van der Waals surface area contributed by atoms with Crippen LogP contribution in [0.4, 0.5) is 0 Å². The van der Waals surface area contributed by atoms with E-state index in [9.17, 15) is 0 Å². The highest BCUT2D eigenvalue weighted by Gasteiger charge is 2.24. The number of methoxy groups -OCH3 is 1. The predicted molar refractivity (Wildman–Crippen MR) is 116 cm³/mol. The minimum absolute atomic E-state index is 0.184. The first kappa shape index (κ1) is 22.3. The van der Waals surface area contributed by atoms with Crippen LogP contribution in [0.1, 0.15) is 49.1 Å². The molecule has 0 spiro atoms. The second-order valence-corrected chi connectivity index (χ2v) is 7.67. The van der Waals surface area contributed by atoms with Crippen LogP contribution in [0.2, 0.25) is 0 Å². The molecule has 1 unspecified atom stereocenters. The van der Waals surface area contributed by atoms with Gasteiger partial charge in [0.05, 0.1) is 12.3 Å². The highest BCUT2D eigenvalue weighted by Crippen LogP contribution is 2.24. The maximum absolute atomic E-state index is 5.76. The summed E-state index contributed by atoms with van der Waals surface area (Å²) in [5.74, 6) is 3.47. The number of ether oxygens (including phenoxy) is 1. The van der Waals surface area contributed by atoms with Crippen LogP contribution in [0.3, 0.4) is 0 Å². The predicted octanol–water partition coefficient (Wildman–Crippen LogP) is 2.02. The van der Waals surface area contributed by atoms with E-state index in [4.69, 9.17) is 14.1 Å². The number of hydrogen-bond acceptors (Lipinski definition) is 6. The van der Waals surface area contributed by atoms with Gasteiger partial charge in [0.2, 0.25) is 0 Å². The number of likely N-dealkylation sites (tertiary alicyclic amines) is 1. The third-order valence-electron chi connectivity index (χ3n) is 5.54. The molecule has 166 valence electrons. The van der Waals surface area contributed by atoms with E-state index in [1.165, 1.54) is 19.3 Å². The van der Waals surface area contributed by atoms with Gasteiger partial charge >= 0.3 is 0 Å². The minimum Gasteiger partial charge on any atom is -0.468 e. The quantitative estimate of drug-likeness (QED) is 0.347. The van der Waals surface area contributed by atoms with E-state index >= 15 is 0 Å². The van der Waals surface area contributed by atoms with E-state index in [-0.39, 0.29) is 6.04 Å². The first-order valence-electron chi connectivity index (χ1n) is 10.8. The van der Waals surface area contributed by atoms with E-state index in [2.05, 4.69) is 31.8 Å². The van der Waals surface area contributed by atoms with Gasteiger partial charge in [-0.05, 0) is 51.4 Å². The molecule has 9 heteroatoms. The second-order valence-electron chi connectivity index (χ2n) is 7.67. The largest absolute Gasteiger partial charge is 0.468 e. The molecule has 2 N–H and O–H groups in total. The third kappa shape index (κ3) is 6.30. The molecule has 0 bridgehead atoms. The smallest absolute Gasteiger partial charge is 0.191 e. The van der Waals surface area contributed by atoms with Crippen molar-refractivity contribution in [1.82, 2.24) is 30.3 Å². The number of hydrogen-bond donors (Lipinski definition) is 2. The van der Waals surface area contributed by atoms with Gasteiger partial charge in [-0.3, -0.25) is 4.90 Å². The molecule has 1 saturated heterocycles. The van der Waals surface area contributed by atoms with E-state index in [0.717, 1.165) is 56.0 Å². The molecule has 0 radical (unpaired) electrons. The molecule has 9 nitrogen and oxygen atoms in total. The molecule has 0 aromatic carbocycles. The van der Waals surface area contributed by atoms with Crippen LogP contribution in [0.25, 0.3) is 0 Å². The summed E-state index contributed by atoms with van der Waals surface area (Å²) in [6.07, 6.45) is 6.44. The van der Waals surface area contributed by atoms with Crippen molar-refractivity contribution < 1.29 is 9.15 Å². The number of aromatic nitrogens is 3. The first-order chi connectivity index (χ1) is 14.7. The summed E-state index contributed by atoms with van der Waals surface area (Å²) in [4.78, 5) is 7.25. The molecule has 30 heavy (non-hydrogen) atoms. The van der Waals surface area contributed by atoms with Crippen molar-refractivity contribution in [3.05, 3.63) is 35.8 Å². The molecule has 1 fully saturated rings. The van der Waals surface area contributed by atoms with Crippen LogP contribution >= 0.6 is 0 Å². The fourth-order valence-corrected chi connectivity index (χ4v) is 3.65. The highest BCUT2D eigenvalue weighted by molar-refractivity contribution is 5.79. The number of nitrogens with one attached hydrogen (secondary N) is 2. The van der Waals surface area contributed by atoms with Crippen LogP contribution in [-0.4, -0.2) is 65.5 Å². The Balaban J connectivity index is 1.66. The van der Waals surface area contributed by atoms with Crippen LogP contribution < -0.4 is 10.6 Å². The van der Waals surface area contributed by atoms with Crippen LogP contribution in [0.5, 0.6) is 0 Å². The summed E-state index contributed by atoms with van der Waals surface area (Å²) in [5, 5.41) is 15.3. The molecule has 1 aliphatic rings. The fourth-order valence-electron chi connectivity index (χ4n) is 3.65. The van der Waals surface area contributed by atoms with E-state index < -0.39 is 0 Å². The SMILES string of the molecule is COCCCNC(=NCc1nnc(C)n1C)NCC(c1ccco1)N1CCCCC1. The number of aliphatic imine (C=N–C) groups is 1. The molecule has 0 saturated carbocycles. The Morgan fingerprint density at radius 2 is 2.10 bits per heavy atom. The number of piperidine rings is 1. The molecular weight excluding hydrogens is 382 g/mol. The van der Waals surface area contributed by atoms with Gasteiger partial charge in [-0.25, -0.2) is 4.99 Å². The molecule has 3 rings (SSSR count). The Bertz CT molecular complexity index is 766. The van der Waals surface area contributed by atoms with Crippen molar-refractivity contribution in [3.8, 4) is 0 Å². The van der Waals surface area contributed by atoms with Gasteiger partial charge in [-0.2, -0.15) is 0 Å². The Morgan fingerprint density at radius 3 is 2.77 bits per heavy atom. The monoisotopic (exact) mass is 417 g/mol. The first-order valence-corrected chi connectivity index (χ1v) is 10.8. The van der Waals surface area contributed by atoms with Crippen molar-refractivity contribution in [1.29, 1.82) is 0 Å². The lowest BCUT2D eigenvalue weighted by Gasteiger charge is -2.33. The Kier molecular flexibility index (Phi) is 8.70. The molecule has 1 aliphatic heterocycles. The molecule has 0 amide bonds. The lowest BCUT2D eigenvalue weighted by molar-refractivity contribution is 0.146. The molecule has 2 aromatic heterocycles. The summed E-state index contributed by atoms with van der Waals surface area (Å²) in [7, 11) is 3.68. The lowest BCUT2D eigenvalue weighted by Crippen LogP contribution is -2.44. The zero-order valence-corrected chi connectivity index (χ0v) is 18.4. The van der Waals surface area contributed by atoms with Gasteiger partial charge in [0.1, 0.15) is 18.1 Å². The molecule has 1 atom stereocenters. The number of nitrogens with zero attached hydrogens (tertiary/aromatic N) is 5. The number of furan rings is 1. The summed E-state index contributed by atoms with van der Waals surface area (Å²) >= 11 is 0. The van der Waals surface area contributed by atoms with Gasteiger partial charge in [0.15, 0.2) is 11.8 Å². The minimum atomic E-state index is 0.184. The van der Waals surface area contributed by atoms with Gasteiger partial charge < -0.3 is 24.4 Å². The Morgan fingerprint density at radius 1 is 1.27 bits per heavy atom. The molecule has 0 aliphatic carbocycles. The van der Waals surface area contributed by atoms with E-state index in [0.29, 0.717) is 13.2 Å². The van der Waals surface area contributed by atoms with Gasteiger partial charge in [-0.15, -0.1) is 10.2 Å². The number of rotatable bonds is 10. The number of aryl methyl sites for hydroxylation is 1. The van der Waals surface area contributed by atoms with E-state index in [1.54, 1.807) is 13.4 Å². The lowest BCUT2D eigenvalue weighted by atomic mass is 10.1. The normalized spacial score (nSPS) is 16.6. The maximum atomic E-state index is 5.76. The fraction of sp³-hybridized carbons (Fsp3) is 0.667. The summed E-state index contributed by atoms with van der Waals surface area (Å²) in [6, 6.07) is 4.20. The Hall–Kier alpha value is -2.39. The van der Waals surface area contributed by atoms with Gasteiger partial charge in [0.25, 0.3) is 0 Å². The summed E-state index contributed by atoms with van der Waals surface area (Å²) in [6.45, 7) is 6.82. The van der Waals surface area contributed by atoms with Crippen molar-refractivity contribution in [2.24, 2.45) is 12.0 Å². The average Bonchev–Trinajstić information content (AvgIpc) is 3.41. The van der Waals surface area contributed by atoms with Crippen LogP contribution in [0, 0.1) is 6.92 Å². The Labute approximate surface area is 178 Å². The third-order valence-corrected chi connectivity index (χ3v) is 5.54. The molecule has 3 heterocycles. The standard InChI is InChI=1S/C21H35N7O2/c1-17-25-26-20(27(17)2)16-24-21(22-10-8-13-29-3)23-15-18(19-9-7-14-30-19)28-11-5-4-6-12-28/h7,9,14,18H,4-6,8,10-13,15-16H2,1-3H3,(H2,22,23,24). The second kappa shape index (κ2) is 11.7. The van der Waals surface area contributed by atoms with Gasteiger partial charge in [0, 0.05) is 33.9 Å². The van der Waals surface area contributed by atoms with Crippen molar-refractivity contribution in [2.45, 2.75) is 45.2 Å². The number of guanidine groups is 1. The highest BCUT2D eigenvalue weighted by atomic mass is 16.5. The van der Waals surface area contributed by atoms with Crippen molar-refractivity contribution >= 4 is 5.96 Å². The van der Waals surface area contributed by atoms with Crippen LogP contribution in [-0.2, 0) is 18.3 Å². The average molecular weight is 418 g/mol. The maximum Gasteiger partial charge on any atom is 0.191 e.